The standard InChI is InChI=1S/C26H28N2O4/c1-2-3-4-5-6-7-16-32-20-14-10-18(11-15-20)24-22-21(25(30)28-24)23(27-26(22)31)17-8-12-19(29)13-9-17/h8-15,28-30H,2-7,16H2,1H3. The van der Waals surface area contributed by atoms with E-state index >= 15 is 0 Å². The summed E-state index contributed by atoms with van der Waals surface area (Å²) in [5, 5.41) is 20.0. The second kappa shape index (κ2) is 9.73. The summed E-state index contributed by atoms with van der Waals surface area (Å²) in [5.74, 6) is 0.396. The van der Waals surface area contributed by atoms with Gasteiger partial charge in [0.05, 0.1) is 29.1 Å². The SMILES string of the molecule is CCCCCCCCOc1ccc(-c2[nH]c(O)c3c2C(=O)N=C3c2ccc(O)cc2)cc1. The molecule has 1 aromatic heterocycles. The van der Waals surface area contributed by atoms with E-state index in [2.05, 4.69) is 16.9 Å². The quantitative estimate of drug-likeness (QED) is 0.352. The molecule has 32 heavy (non-hydrogen) atoms. The maximum absolute atomic E-state index is 12.7. The normalized spacial score (nSPS) is 12.7. The van der Waals surface area contributed by atoms with Crippen LogP contribution in [0.5, 0.6) is 17.4 Å². The first-order valence-corrected chi connectivity index (χ1v) is 11.2. The molecule has 0 bridgehead atoms. The molecule has 0 aliphatic carbocycles. The van der Waals surface area contributed by atoms with Crippen LogP contribution in [-0.2, 0) is 0 Å². The number of amides is 1. The third-order valence-corrected chi connectivity index (χ3v) is 5.69. The van der Waals surface area contributed by atoms with Gasteiger partial charge in [-0.15, -0.1) is 0 Å². The number of phenolic OH excluding ortho intramolecular Hbond substituents is 1. The van der Waals surface area contributed by atoms with E-state index in [4.69, 9.17) is 4.74 Å². The van der Waals surface area contributed by atoms with Crippen molar-refractivity contribution in [1.82, 2.24) is 4.98 Å². The van der Waals surface area contributed by atoms with E-state index in [0.29, 0.717) is 34.7 Å². The van der Waals surface area contributed by atoms with Gasteiger partial charge in [0.25, 0.3) is 5.91 Å². The van der Waals surface area contributed by atoms with Crippen LogP contribution in [0.25, 0.3) is 11.3 Å². The van der Waals surface area contributed by atoms with Crippen LogP contribution in [-0.4, -0.2) is 33.4 Å². The van der Waals surface area contributed by atoms with Crippen molar-refractivity contribution in [2.45, 2.75) is 45.4 Å². The largest absolute Gasteiger partial charge is 0.508 e. The van der Waals surface area contributed by atoms with E-state index in [0.717, 1.165) is 17.7 Å². The first kappa shape index (κ1) is 21.7. The Morgan fingerprint density at radius 2 is 1.50 bits per heavy atom. The Kier molecular flexibility index (Phi) is 6.59. The molecule has 0 atom stereocenters. The van der Waals surface area contributed by atoms with E-state index in [1.807, 2.05) is 24.3 Å². The van der Waals surface area contributed by atoms with Crippen LogP contribution in [0, 0.1) is 0 Å². The van der Waals surface area contributed by atoms with Gasteiger partial charge in [0.15, 0.2) is 5.88 Å². The van der Waals surface area contributed by atoms with Crippen LogP contribution in [0.3, 0.4) is 0 Å². The predicted octanol–water partition coefficient (Wildman–Crippen LogP) is 5.82. The van der Waals surface area contributed by atoms with Gasteiger partial charge >= 0.3 is 0 Å². The molecule has 0 radical (unpaired) electrons. The zero-order valence-electron chi connectivity index (χ0n) is 18.2. The van der Waals surface area contributed by atoms with E-state index < -0.39 is 5.91 Å². The van der Waals surface area contributed by atoms with Crippen LogP contribution in [0.1, 0.15) is 66.9 Å². The van der Waals surface area contributed by atoms with Gasteiger partial charge in [0.2, 0.25) is 0 Å². The van der Waals surface area contributed by atoms with Gasteiger partial charge < -0.3 is 19.9 Å². The number of benzene rings is 2. The lowest BCUT2D eigenvalue weighted by atomic mass is 10.00. The average molecular weight is 433 g/mol. The van der Waals surface area contributed by atoms with Crippen molar-refractivity contribution in [3.63, 3.8) is 0 Å². The van der Waals surface area contributed by atoms with Crippen LogP contribution < -0.4 is 4.74 Å². The summed E-state index contributed by atoms with van der Waals surface area (Å²) in [6.45, 7) is 2.90. The van der Waals surface area contributed by atoms with Crippen molar-refractivity contribution in [1.29, 1.82) is 0 Å². The number of aromatic hydroxyl groups is 2. The van der Waals surface area contributed by atoms with Crippen LogP contribution in [0.2, 0.25) is 0 Å². The summed E-state index contributed by atoms with van der Waals surface area (Å²) in [6.07, 6.45) is 7.30. The Morgan fingerprint density at radius 1 is 0.844 bits per heavy atom. The van der Waals surface area contributed by atoms with Crippen LogP contribution in [0.4, 0.5) is 0 Å². The van der Waals surface area contributed by atoms with Gasteiger partial charge in [-0.1, -0.05) is 39.0 Å². The Bertz CT molecular complexity index is 1110. The van der Waals surface area contributed by atoms with E-state index in [1.54, 1.807) is 12.1 Å². The fourth-order valence-electron chi connectivity index (χ4n) is 3.98. The molecule has 1 aliphatic heterocycles. The van der Waals surface area contributed by atoms with Gasteiger partial charge in [-0.05, 0) is 60.5 Å². The van der Waals surface area contributed by atoms with E-state index in [1.165, 1.54) is 44.2 Å². The molecule has 2 heterocycles. The molecule has 0 saturated carbocycles. The molecule has 0 fully saturated rings. The zero-order chi connectivity index (χ0) is 22.5. The van der Waals surface area contributed by atoms with Crippen LogP contribution >= 0.6 is 0 Å². The highest BCUT2D eigenvalue weighted by molar-refractivity contribution is 6.30. The highest BCUT2D eigenvalue weighted by Crippen LogP contribution is 2.38. The Balaban J connectivity index is 1.46. The monoisotopic (exact) mass is 432 g/mol. The van der Waals surface area contributed by atoms with E-state index in [9.17, 15) is 15.0 Å². The molecule has 3 aromatic rings. The Labute approximate surface area is 187 Å². The van der Waals surface area contributed by atoms with Crippen molar-refractivity contribution in [3.8, 4) is 28.6 Å². The fraction of sp³-hybridized carbons (Fsp3) is 0.308. The number of hydrogen-bond acceptors (Lipinski definition) is 4. The summed E-state index contributed by atoms with van der Waals surface area (Å²) in [6, 6.07) is 13.9. The highest BCUT2D eigenvalue weighted by Gasteiger charge is 2.33. The average Bonchev–Trinajstić information content (AvgIpc) is 3.32. The topological polar surface area (TPSA) is 94.9 Å². The van der Waals surface area contributed by atoms with Crippen molar-refractivity contribution in [2.24, 2.45) is 4.99 Å². The smallest absolute Gasteiger partial charge is 0.280 e. The minimum Gasteiger partial charge on any atom is -0.508 e. The Morgan fingerprint density at radius 3 is 2.22 bits per heavy atom. The molecule has 4 rings (SSSR count). The molecule has 3 N–H and O–H groups in total. The number of aromatic nitrogens is 1. The lowest BCUT2D eigenvalue weighted by Crippen LogP contribution is -1.99. The van der Waals surface area contributed by atoms with Crippen molar-refractivity contribution < 1.29 is 19.7 Å². The molecular weight excluding hydrogens is 404 g/mol. The number of unbranched alkanes of at least 4 members (excludes halogenated alkanes) is 5. The fourth-order valence-corrected chi connectivity index (χ4v) is 3.98. The maximum Gasteiger partial charge on any atom is 0.280 e. The third-order valence-electron chi connectivity index (χ3n) is 5.69. The van der Waals surface area contributed by atoms with Gasteiger partial charge in [-0.25, -0.2) is 4.99 Å². The number of rotatable bonds is 10. The molecule has 6 nitrogen and oxygen atoms in total. The number of fused-ring (bicyclic) bond motifs is 1. The maximum atomic E-state index is 12.7. The van der Waals surface area contributed by atoms with Gasteiger partial charge in [0, 0.05) is 5.56 Å². The lowest BCUT2D eigenvalue weighted by molar-refractivity contribution is 0.101. The number of carbonyl (C=O) groups is 1. The molecule has 6 heteroatoms. The molecular formula is C26H28N2O4. The van der Waals surface area contributed by atoms with Gasteiger partial charge in [-0.2, -0.15) is 0 Å². The number of aromatic amines is 1. The molecule has 1 aliphatic rings. The number of phenols is 1. The zero-order valence-corrected chi connectivity index (χ0v) is 18.2. The molecule has 0 unspecified atom stereocenters. The molecule has 2 aromatic carbocycles. The Hall–Kier alpha value is -3.54. The number of nitrogens with one attached hydrogen (secondary N) is 1. The van der Waals surface area contributed by atoms with Gasteiger partial charge in [-0.3, -0.25) is 4.79 Å². The van der Waals surface area contributed by atoms with Crippen molar-refractivity contribution in [2.75, 3.05) is 6.61 Å². The van der Waals surface area contributed by atoms with Gasteiger partial charge in [0.1, 0.15) is 11.5 Å². The van der Waals surface area contributed by atoms with E-state index in [-0.39, 0.29) is 11.6 Å². The summed E-state index contributed by atoms with van der Waals surface area (Å²) in [4.78, 5) is 19.7. The number of ether oxygens (including phenoxy) is 1. The van der Waals surface area contributed by atoms with Crippen molar-refractivity contribution >= 4 is 11.6 Å². The second-order valence-corrected chi connectivity index (χ2v) is 8.05. The number of H-pyrrole nitrogens is 1. The third kappa shape index (κ3) is 4.54. The molecule has 1 amide bonds. The summed E-state index contributed by atoms with van der Waals surface area (Å²) in [5.41, 5.74) is 3.08. The number of hydrogen-bond donors (Lipinski definition) is 3. The minimum atomic E-state index is -0.405. The number of carbonyl (C=O) groups excluding carboxylic acids is 1. The highest BCUT2D eigenvalue weighted by atomic mass is 16.5. The number of nitrogens with zero attached hydrogens (tertiary/aromatic N) is 1. The lowest BCUT2D eigenvalue weighted by Gasteiger charge is -2.07. The first-order chi connectivity index (χ1) is 15.6. The summed E-state index contributed by atoms with van der Waals surface area (Å²) >= 11 is 0. The molecule has 166 valence electrons. The summed E-state index contributed by atoms with van der Waals surface area (Å²) in [7, 11) is 0. The number of aliphatic imine (C=N–C) groups is 1. The molecule has 0 spiro atoms. The van der Waals surface area contributed by atoms with Crippen molar-refractivity contribution in [3.05, 3.63) is 65.2 Å². The summed E-state index contributed by atoms with van der Waals surface area (Å²) < 4.78 is 5.84. The van der Waals surface area contributed by atoms with Crippen LogP contribution in [0.15, 0.2) is 53.5 Å². The predicted molar refractivity (Wildman–Crippen MR) is 125 cm³/mol. The molecule has 0 saturated heterocycles. The first-order valence-electron chi connectivity index (χ1n) is 11.2. The second-order valence-electron chi connectivity index (χ2n) is 8.05. The minimum absolute atomic E-state index is 0.101.